The van der Waals surface area contributed by atoms with Gasteiger partial charge < -0.3 is 5.32 Å². The molecule has 4 nitrogen and oxygen atoms in total. The minimum Gasteiger partial charge on any atom is -0.365 e. The second-order valence-electron chi connectivity index (χ2n) is 4.61. The highest BCUT2D eigenvalue weighted by atomic mass is 32.1. The number of halogens is 3. The molecule has 0 spiro atoms. The number of thiophene rings is 1. The fourth-order valence-electron chi connectivity index (χ4n) is 1.88. The van der Waals surface area contributed by atoms with Crippen LogP contribution in [-0.4, -0.2) is 15.0 Å². The predicted octanol–water partition coefficient (Wildman–Crippen LogP) is 4.23. The number of nitrogens with zero attached hydrogens (tertiary/aromatic N) is 3. The first kappa shape index (κ1) is 15.4. The number of aromatic nitrogens is 3. The van der Waals surface area contributed by atoms with Gasteiger partial charge in [0, 0.05) is 17.1 Å². The Balaban J connectivity index is 1.95. The van der Waals surface area contributed by atoms with E-state index in [9.17, 15) is 13.2 Å². The van der Waals surface area contributed by atoms with Gasteiger partial charge in [0.05, 0.1) is 6.54 Å². The summed E-state index contributed by atoms with van der Waals surface area (Å²) in [4.78, 5) is 12.7. The second-order valence-corrected chi connectivity index (χ2v) is 5.64. The SMILES string of the molecule is FC(F)(F)c1cc(NCc2cccs2)nc(-c2ccccn2)n1. The van der Waals surface area contributed by atoms with Crippen molar-refractivity contribution in [2.75, 3.05) is 5.32 Å². The number of alkyl halides is 3. The molecule has 1 N–H and O–H groups in total. The summed E-state index contributed by atoms with van der Waals surface area (Å²) in [6.45, 7) is 0.396. The third-order valence-corrected chi connectivity index (χ3v) is 3.81. The molecule has 0 unspecified atom stereocenters. The quantitative estimate of drug-likeness (QED) is 0.774. The lowest BCUT2D eigenvalue weighted by Crippen LogP contribution is -2.12. The minimum absolute atomic E-state index is 0.0610. The topological polar surface area (TPSA) is 50.7 Å². The Labute approximate surface area is 134 Å². The van der Waals surface area contributed by atoms with Crippen molar-refractivity contribution in [3.8, 4) is 11.5 Å². The average molecular weight is 336 g/mol. The van der Waals surface area contributed by atoms with Crippen LogP contribution in [0.1, 0.15) is 10.6 Å². The van der Waals surface area contributed by atoms with Crippen molar-refractivity contribution in [3.63, 3.8) is 0 Å². The molecule has 0 amide bonds. The number of nitrogens with one attached hydrogen (secondary N) is 1. The molecule has 0 aliphatic rings. The zero-order valence-electron chi connectivity index (χ0n) is 11.7. The van der Waals surface area contributed by atoms with Gasteiger partial charge in [-0.15, -0.1) is 11.3 Å². The molecule has 0 radical (unpaired) electrons. The highest BCUT2D eigenvalue weighted by molar-refractivity contribution is 7.09. The first-order chi connectivity index (χ1) is 11.0. The van der Waals surface area contributed by atoms with E-state index in [4.69, 9.17) is 0 Å². The lowest BCUT2D eigenvalue weighted by molar-refractivity contribution is -0.141. The van der Waals surface area contributed by atoms with Gasteiger partial charge in [-0.1, -0.05) is 12.1 Å². The largest absolute Gasteiger partial charge is 0.433 e. The zero-order chi connectivity index (χ0) is 16.3. The first-order valence-electron chi connectivity index (χ1n) is 6.66. The Hall–Kier alpha value is -2.48. The average Bonchev–Trinajstić information content (AvgIpc) is 3.06. The van der Waals surface area contributed by atoms with E-state index in [0.717, 1.165) is 10.9 Å². The fraction of sp³-hybridized carbons (Fsp3) is 0.133. The maximum absolute atomic E-state index is 13.0. The van der Waals surface area contributed by atoms with E-state index in [0.29, 0.717) is 6.54 Å². The summed E-state index contributed by atoms with van der Waals surface area (Å²) in [5, 5.41) is 4.80. The third-order valence-electron chi connectivity index (χ3n) is 2.93. The van der Waals surface area contributed by atoms with E-state index in [1.54, 1.807) is 18.2 Å². The Kier molecular flexibility index (Phi) is 4.24. The van der Waals surface area contributed by atoms with Crippen molar-refractivity contribution in [1.82, 2.24) is 15.0 Å². The van der Waals surface area contributed by atoms with E-state index in [-0.39, 0.29) is 17.3 Å². The zero-order valence-corrected chi connectivity index (χ0v) is 12.5. The van der Waals surface area contributed by atoms with Crippen molar-refractivity contribution in [2.24, 2.45) is 0 Å². The second kappa shape index (κ2) is 6.33. The Morgan fingerprint density at radius 3 is 2.61 bits per heavy atom. The molecule has 0 fully saturated rings. The lowest BCUT2D eigenvalue weighted by atomic mass is 10.3. The van der Waals surface area contributed by atoms with Gasteiger partial charge >= 0.3 is 6.18 Å². The van der Waals surface area contributed by atoms with Crippen LogP contribution in [0.5, 0.6) is 0 Å². The molecule has 118 valence electrons. The summed E-state index contributed by atoms with van der Waals surface area (Å²) in [5.41, 5.74) is -0.709. The van der Waals surface area contributed by atoms with Crippen LogP contribution >= 0.6 is 11.3 Å². The summed E-state index contributed by atoms with van der Waals surface area (Å²) in [6, 6.07) is 9.58. The van der Waals surface area contributed by atoms with Crippen molar-refractivity contribution < 1.29 is 13.2 Å². The van der Waals surface area contributed by atoms with E-state index in [1.807, 2.05) is 17.5 Å². The molecule has 3 rings (SSSR count). The van der Waals surface area contributed by atoms with Crippen molar-refractivity contribution in [3.05, 3.63) is 58.5 Å². The van der Waals surface area contributed by atoms with Gasteiger partial charge in [0.1, 0.15) is 11.5 Å². The van der Waals surface area contributed by atoms with Gasteiger partial charge in [-0.3, -0.25) is 4.98 Å². The van der Waals surface area contributed by atoms with Crippen molar-refractivity contribution >= 4 is 17.2 Å². The molecule has 0 saturated carbocycles. The number of anilines is 1. The fourth-order valence-corrected chi connectivity index (χ4v) is 2.53. The molecule has 0 aliphatic carbocycles. The summed E-state index contributed by atoms with van der Waals surface area (Å²) < 4.78 is 39.1. The maximum Gasteiger partial charge on any atom is 0.433 e. The summed E-state index contributed by atoms with van der Waals surface area (Å²) in [6.07, 6.45) is -3.07. The summed E-state index contributed by atoms with van der Waals surface area (Å²) in [7, 11) is 0. The Bertz CT molecular complexity index is 773. The van der Waals surface area contributed by atoms with Gasteiger partial charge in [0.25, 0.3) is 0 Å². The summed E-state index contributed by atoms with van der Waals surface area (Å²) in [5.74, 6) is 0.0514. The Morgan fingerprint density at radius 1 is 1.09 bits per heavy atom. The van der Waals surface area contributed by atoms with Gasteiger partial charge in [0.2, 0.25) is 0 Å². The van der Waals surface area contributed by atoms with Crippen LogP contribution in [0.15, 0.2) is 48.0 Å². The van der Waals surface area contributed by atoms with Crippen LogP contribution in [0, 0.1) is 0 Å². The first-order valence-corrected chi connectivity index (χ1v) is 7.54. The third kappa shape index (κ3) is 3.84. The molecule has 0 atom stereocenters. The monoisotopic (exact) mass is 336 g/mol. The maximum atomic E-state index is 13.0. The smallest absolute Gasteiger partial charge is 0.365 e. The molecule has 0 bridgehead atoms. The van der Waals surface area contributed by atoms with Crippen LogP contribution < -0.4 is 5.32 Å². The molecule has 3 aromatic heterocycles. The Morgan fingerprint density at radius 2 is 1.96 bits per heavy atom. The molecule has 0 saturated heterocycles. The van der Waals surface area contributed by atoms with E-state index < -0.39 is 11.9 Å². The van der Waals surface area contributed by atoms with Crippen LogP contribution in [0.2, 0.25) is 0 Å². The van der Waals surface area contributed by atoms with Crippen LogP contribution in [-0.2, 0) is 12.7 Å². The van der Waals surface area contributed by atoms with Crippen LogP contribution in [0.3, 0.4) is 0 Å². The van der Waals surface area contributed by atoms with E-state index in [1.165, 1.54) is 17.5 Å². The minimum atomic E-state index is -4.55. The molecule has 23 heavy (non-hydrogen) atoms. The molecule has 3 heterocycles. The van der Waals surface area contributed by atoms with E-state index in [2.05, 4.69) is 20.3 Å². The molecule has 3 aromatic rings. The molecule has 0 aromatic carbocycles. The number of hydrogen-bond acceptors (Lipinski definition) is 5. The number of rotatable bonds is 4. The molecule has 8 heteroatoms. The normalized spacial score (nSPS) is 11.4. The molecule has 0 aliphatic heterocycles. The molecular formula is C15H11F3N4S. The van der Waals surface area contributed by atoms with E-state index >= 15 is 0 Å². The standard InChI is InChI=1S/C15H11F3N4S/c16-15(17,18)12-8-13(20-9-10-4-3-7-23-10)22-14(21-12)11-5-1-2-6-19-11/h1-8H,9H2,(H,20,21,22). The van der Waals surface area contributed by atoms with Crippen molar-refractivity contribution in [1.29, 1.82) is 0 Å². The van der Waals surface area contributed by atoms with Gasteiger partial charge in [-0.05, 0) is 23.6 Å². The highest BCUT2D eigenvalue weighted by Crippen LogP contribution is 2.30. The number of hydrogen-bond donors (Lipinski definition) is 1. The van der Waals surface area contributed by atoms with Crippen molar-refractivity contribution in [2.45, 2.75) is 12.7 Å². The summed E-state index contributed by atoms with van der Waals surface area (Å²) >= 11 is 1.51. The lowest BCUT2D eigenvalue weighted by Gasteiger charge is -2.11. The number of pyridine rings is 1. The van der Waals surface area contributed by atoms with Gasteiger partial charge in [-0.2, -0.15) is 13.2 Å². The van der Waals surface area contributed by atoms with Gasteiger partial charge in [-0.25, -0.2) is 9.97 Å². The molecular weight excluding hydrogens is 325 g/mol. The van der Waals surface area contributed by atoms with Gasteiger partial charge in [0.15, 0.2) is 11.5 Å². The highest BCUT2D eigenvalue weighted by Gasteiger charge is 2.34. The van der Waals surface area contributed by atoms with Crippen LogP contribution in [0.25, 0.3) is 11.5 Å². The van der Waals surface area contributed by atoms with Crippen LogP contribution in [0.4, 0.5) is 19.0 Å². The predicted molar refractivity (Wildman–Crippen MR) is 81.9 cm³/mol.